The summed E-state index contributed by atoms with van der Waals surface area (Å²) in [5.41, 5.74) is 0.813. The third kappa shape index (κ3) is 4.00. The van der Waals surface area contributed by atoms with Gasteiger partial charge in [-0.3, -0.25) is 14.4 Å². The maximum atomic E-state index is 13.5. The highest BCUT2D eigenvalue weighted by Crippen LogP contribution is 2.25. The van der Waals surface area contributed by atoms with E-state index in [-0.39, 0.29) is 16.8 Å². The van der Waals surface area contributed by atoms with Crippen molar-refractivity contribution < 1.29 is 19.1 Å². The Hall–Kier alpha value is -4.26. The molecule has 0 unspecified atom stereocenters. The third-order valence-corrected chi connectivity index (χ3v) is 5.17. The molecule has 0 fully saturated rings. The number of aromatic amines is 1. The van der Waals surface area contributed by atoms with Crippen LogP contribution in [0.5, 0.6) is 11.5 Å². The van der Waals surface area contributed by atoms with Crippen LogP contribution in [0.3, 0.4) is 0 Å². The van der Waals surface area contributed by atoms with Crippen molar-refractivity contribution in [3.05, 3.63) is 100.0 Å². The molecule has 0 amide bonds. The van der Waals surface area contributed by atoms with Gasteiger partial charge in [-0.2, -0.15) is 0 Å². The Balaban J connectivity index is 1.85. The molecule has 4 aromatic rings. The zero-order chi connectivity index (χ0) is 22.7. The number of hydrogen-bond donors (Lipinski definition) is 1. The third-order valence-electron chi connectivity index (χ3n) is 5.17. The SMILES string of the molecule is COc1ccc(C(=O)C(C(=O)c2ccc(OC)cc2)c2nc3ccccc3[nH]c2=O)cc1. The normalized spacial score (nSPS) is 10.8. The fourth-order valence-corrected chi connectivity index (χ4v) is 3.45. The summed E-state index contributed by atoms with van der Waals surface area (Å²) in [5.74, 6) is -1.32. The van der Waals surface area contributed by atoms with Crippen LogP contribution in [-0.2, 0) is 0 Å². The van der Waals surface area contributed by atoms with E-state index in [1.165, 1.54) is 14.2 Å². The van der Waals surface area contributed by atoms with Gasteiger partial charge in [0.05, 0.1) is 25.3 Å². The molecule has 0 bridgehead atoms. The van der Waals surface area contributed by atoms with Crippen molar-refractivity contribution in [2.45, 2.75) is 5.92 Å². The summed E-state index contributed by atoms with van der Waals surface area (Å²) >= 11 is 0. The van der Waals surface area contributed by atoms with E-state index < -0.39 is 23.0 Å². The maximum Gasteiger partial charge on any atom is 0.271 e. The molecule has 0 atom stereocenters. The van der Waals surface area contributed by atoms with Gasteiger partial charge in [0.1, 0.15) is 23.1 Å². The molecular weight excluding hydrogens is 408 g/mol. The van der Waals surface area contributed by atoms with Crippen molar-refractivity contribution in [3.63, 3.8) is 0 Å². The Morgan fingerprint density at radius 1 is 0.781 bits per heavy atom. The lowest BCUT2D eigenvalue weighted by Crippen LogP contribution is -2.30. The molecule has 7 nitrogen and oxygen atoms in total. The highest BCUT2D eigenvalue weighted by Gasteiger charge is 2.34. The van der Waals surface area contributed by atoms with E-state index in [1.807, 2.05) is 0 Å². The minimum absolute atomic E-state index is 0.148. The standard InChI is InChI=1S/C25H20N2O5/c1-31-17-11-7-15(8-12-17)23(28)21(24(29)16-9-13-18(32-2)14-10-16)22-25(30)27-20-6-4-3-5-19(20)26-22/h3-14,21H,1-2H3,(H,27,30). The van der Waals surface area contributed by atoms with Crippen LogP contribution in [0.1, 0.15) is 32.3 Å². The summed E-state index contributed by atoms with van der Waals surface area (Å²) in [7, 11) is 3.04. The topological polar surface area (TPSA) is 98.3 Å². The molecule has 1 aromatic heterocycles. The van der Waals surface area contributed by atoms with Gasteiger partial charge < -0.3 is 14.5 Å². The van der Waals surface area contributed by atoms with E-state index in [2.05, 4.69) is 9.97 Å². The summed E-state index contributed by atoms with van der Waals surface area (Å²) in [4.78, 5) is 47.0. The molecule has 0 radical (unpaired) electrons. The van der Waals surface area contributed by atoms with Crippen LogP contribution in [0.4, 0.5) is 0 Å². The molecule has 160 valence electrons. The van der Waals surface area contributed by atoms with Gasteiger partial charge in [0, 0.05) is 11.1 Å². The Labute approximate surface area is 183 Å². The van der Waals surface area contributed by atoms with Gasteiger partial charge in [-0.05, 0) is 60.7 Å². The molecule has 1 N–H and O–H groups in total. The number of Topliss-reactive ketones (excluding diaryl/α,β-unsaturated/α-hetero) is 2. The maximum absolute atomic E-state index is 13.5. The van der Waals surface area contributed by atoms with Crippen LogP contribution in [-0.4, -0.2) is 35.8 Å². The molecule has 7 heteroatoms. The average Bonchev–Trinajstić information content (AvgIpc) is 2.84. The van der Waals surface area contributed by atoms with E-state index in [4.69, 9.17) is 9.47 Å². The highest BCUT2D eigenvalue weighted by atomic mass is 16.5. The minimum Gasteiger partial charge on any atom is -0.497 e. The number of aromatic nitrogens is 2. The fraction of sp³-hybridized carbons (Fsp3) is 0.120. The first kappa shape index (κ1) is 21.0. The summed E-state index contributed by atoms with van der Waals surface area (Å²) in [6.07, 6.45) is 0. The van der Waals surface area contributed by atoms with Crippen LogP contribution < -0.4 is 15.0 Å². The van der Waals surface area contributed by atoms with Crippen molar-refractivity contribution in [2.24, 2.45) is 0 Å². The predicted octanol–water partition coefficient (Wildman–Crippen LogP) is 3.79. The lowest BCUT2D eigenvalue weighted by atomic mass is 9.87. The monoisotopic (exact) mass is 428 g/mol. The van der Waals surface area contributed by atoms with E-state index in [0.717, 1.165) is 0 Å². The number of nitrogens with one attached hydrogen (secondary N) is 1. The largest absolute Gasteiger partial charge is 0.497 e. The number of nitrogens with zero attached hydrogens (tertiary/aromatic N) is 1. The zero-order valence-corrected chi connectivity index (χ0v) is 17.5. The summed E-state index contributed by atoms with van der Waals surface area (Å²) < 4.78 is 10.3. The van der Waals surface area contributed by atoms with Gasteiger partial charge in [-0.1, -0.05) is 12.1 Å². The lowest BCUT2D eigenvalue weighted by Gasteiger charge is -2.15. The van der Waals surface area contributed by atoms with Crippen LogP contribution in [0.25, 0.3) is 11.0 Å². The molecule has 0 spiro atoms. The molecule has 0 saturated carbocycles. The van der Waals surface area contributed by atoms with Crippen molar-refractivity contribution >= 4 is 22.6 Å². The Morgan fingerprint density at radius 3 is 1.78 bits per heavy atom. The molecule has 32 heavy (non-hydrogen) atoms. The fourth-order valence-electron chi connectivity index (χ4n) is 3.45. The van der Waals surface area contributed by atoms with E-state index in [0.29, 0.717) is 22.5 Å². The molecule has 3 aromatic carbocycles. The first-order valence-electron chi connectivity index (χ1n) is 9.87. The van der Waals surface area contributed by atoms with Crippen molar-refractivity contribution in [1.29, 1.82) is 0 Å². The molecule has 0 aliphatic heterocycles. The van der Waals surface area contributed by atoms with Crippen molar-refractivity contribution in [2.75, 3.05) is 14.2 Å². The summed E-state index contributed by atoms with van der Waals surface area (Å²) in [6.45, 7) is 0. The van der Waals surface area contributed by atoms with Gasteiger partial charge in [-0.25, -0.2) is 4.98 Å². The first-order valence-corrected chi connectivity index (χ1v) is 9.87. The molecule has 0 aliphatic carbocycles. The van der Waals surface area contributed by atoms with E-state index >= 15 is 0 Å². The average molecular weight is 428 g/mol. The van der Waals surface area contributed by atoms with Crippen molar-refractivity contribution in [3.8, 4) is 11.5 Å². The number of ketones is 2. The first-order chi connectivity index (χ1) is 15.5. The number of methoxy groups -OCH3 is 2. The number of fused-ring (bicyclic) bond motifs is 1. The highest BCUT2D eigenvalue weighted by molar-refractivity contribution is 6.20. The Bertz CT molecular complexity index is 1280. The van der Waals surface area contributed by atoms with Crippen molar-refractivity contribution in [1.82, 2.24) is 9.97 Å². The number of ether oxygens (including phenoxy) is 2. The molecule has 0 saturated heterocycles. The van der Waals surface area contributed by atoms with E-state index in [9.17, 15) is 14.4 Å². The zero-order valence-electron chi connectivity index (χ0n) is 17.5. The number of carbonyl (C=O) groups is 2. The molecular formula is C25H20N2O5. The quantitative estimate of drug-likeness (QED) is 0.355. The van der Waals surface area contributed by atoms with Gasteiger partial charge in [-0.15, -0.1) is 0 Å². The Kier molecular flexibility index (Phi) is 5.81. The smallest absolute Gasteiger partial charge is 0.271 e. The molecule has 0 aliphatic rings. The van der Waals surface area contributed by atoms with E-state index in [1.54, 1.807) is 72.8 Å². The minimum atomic E-state index is -1.41. The number of H-pyrrole nitrogens is 1. The van der Waals surface area contributed by atoms with Crippen LogP contribution in [0.2, 0.25) is 0 Å². The predicted molar refractivity (Wildman–Crippen MR) is 120 cm³/mol. The number of hydrogen-bond acceptors (Lipinski definition) is 6. The van der Waals surface area contributed by atoms with Crippen LogP contribution in [0.15, 0.2) is 77.6 Å². The second-order valence-corrected chi connectivity index (χ2v) is 7.09. The number of carbonyl (C=O) groups excluding carboxylic acids is 2. The number of para-hydroxylation sites is 2. The molecule has 4 rings (SSSR count). The van der Waals surface area contributed by atoms with Gasteiger partial charge >= 0.3 is 0 Å². The number of rotatable bonds is 7. The number of benzene rings is 3. The second kappa shape index (κ2) is 8.85. The Morgan fingerprint density at radius 2 is 1.28 bits per heavy atom. The van der Waals surface area contributed by atoms with Crippen LogP contribution in [0, 0.1) is 0 Å². The summed E-state index contributed by atoms with van der Waals surface area (Å²) in [6, 6.07) is 19.7. The van der Waals surface area contributed by atoms with Gasteiger partial charge in [0.15, 0.2) is 11.6 Å². The van der Waals surface area contributed by atoms with Crippen LogP contribution >= 0.6 is 0 Å². The van der Waals surface area contributed by atoms with Gasteiger partial charge in [0.2, 0.25) is 0 Å². The second-order valence-electron chi connectivity index (χ2n) is 7.09. The summed E-state index contributed by atoms with van der Waals surface area (Å²) in [5, 5.41) is 0. The lowest BCUT2D eigenvalue weighted by molar-refractivity contribution is 0.0857. The van der Waals surface area contributed by atoms with Gasteiger partial charge in [0.25, 0.3) is 5.56 Å². The molecule has 1 heterocycles.